The van der Waals surface area contributed by atoms with Crippen molar-refractivity contribution in [3.63, 3.8) is 0 Å². The maximum absolute atomic E-state index is 13.0. The molecule has 2 amide bonds. The van der Waals surface area contributed by atoms with Gasteiger partial charge < -0.3 is 20.2 Å². The average Bonchev–Trinajstić information content (AvgIpc) is 3.11. The Morgan fingerprint density at radius 3 is 2.58 bits per heavy atom. The van der Waals surface area contributed by atoms with Gasteiger partial charge in [-0.25, -0.2) is 4.39 Å². The zero-order valence-electron chi connectivity index (χ0n) is 12.8. The highest BCUT2D eigenvalue weighted by Crippen LogP contribution is 2.09. The van der Waals surface area contributed by atoms with Crippen molar-refractivity contribution < 1.29 is 23.5 Å². The molecule has 0 saturated heterocycles. The molecule has 7 heteroatoms. The van der Waals surface area contributed by atoms with E-state index in [4.69, 9.17) is 9.52 Å². The molecule has 6 nitrogen and oxygen atoms in total. The quantitative estimate of drug-likeness (QED) is 0.531. The minimum absolute atomic E-state index is 0.0130. The lowest BCUT2D eigenvalue weighted by Gasteiger charge is -2.10. The van der Waals surface area contributed by atoms with E-state index in [1.807, 2.05) is 0 Å². The maximum Gasteiger partial charge on any atom is 0.291 e. The number of aliphatic hydroxyl groups excluding tert-OH is 1. The van der Waals surface area contributed by atoms with Gasteiger partial charge in [-0.05, 0) is 42.3 Å². The van der Waals surface area contributed by atoms with Gasteiger partial charge in [0.1, 0.15) is 11.5 Å². The van der Waals surface area contributed by atoms with E-state index in [0.717, 1.165) is 0 Å². The molecule has 126 valence electrons. The van der Waals surface area contributed by atoms with Crippen molar-refractivity contribution in [2.45, 2.75) is 6.42 Å². The normalized spacial score (nSPS) is 11.2. The first-order chi connectivity index (χ1) is 11.6. The number of hydrogen-bond acceptors (Lipinski definition) is 4. The lowest BCUT2D eigenvalue weighted by atomic mass is 10.2. The fraction of sp³-hybridized carbons (Fsp3) is 0.176. The van der Waals surface area contributed by atoms with E-state index < -0.39 is 17.6 Å². The van der Waals surface area contributed by atoms with Gasteiger partial charge in [-0.3, -0.25) is 9.59 Å². The van der Waals surface area contributed by atoms with Crippen LogP contribution in [0.15, 0.2) is 52.8 Å². The summed E-state index contributed by atoms with van der Waals surface area (Å²) in [4.78, 5) is 24.3. The third kappa shape index (κ3) is 5.06. The van der Waals surface area contributed by atoms with Crippen LogP contribution >= 0.6 is 0 Å². The number of furan rings is 1. The molecule has 0 aliphatic rings. The Hall–Kier alpha value is -2.93. The summed E-state index contributed by atoms with van der Waals surface area (Å²) in [5.41, 5.74) is 0.532. The van der Waals surface area contributed by atoms with Gasteiger partial charge in [0, 0.05) is 13.2 Å². The number of benzene rings is 1. The monoisotopic (exact) mass is 332 g/mol. The van der Waals surface area contributed by atoms with E-state index in [0.29, 0.717) is 12.0 Å². The molecule has 24 heavy (non-hydrogen) atoms. The topological polar surface area (TPSA) is 91.6 Å². The third-order valence-electron chi connectivity index (χ3n) is 3.04. The summed E-state index contributed by atoms with van der Waals surface area (Å²) in [5, 5.41) is 13.8. The molecule has 3 N–H and O–H groups in total. The average molecular weight is 332 g/mol. The molecule has 0 aliphatic carbocycles. The molecule has 1 aromatic carbocycles. The zero-order valence-corrected chi connectivity index (χ0v) is 12.8. The van der Waals surface area contributed by atoms with Gasteiger partial charge in [0.25, 0.3) is 11.8 Å². The summed E-state index contributed by atoms with van der Waals surface area (Å²) < 4.78 is 18.0. The fourth-order valence-corrected chi connectivity index (χ4v) is 1.85. The number of carbonyl (C=O) groups is 2. The molecule has 0 atom stereocenters. The molecule has 2 aromatic rings. The van der Waals surface area contributed by atoms with Crippen LogP contribution in [0.1, 0.15) is 22.5 Å². The smallest absolute Gasteiger partial charge is 0.291 e. The van der Waals surface area contributed by atoms with Crippen LogP contribution in [0.25, 0.3) is 6.08 Å². The van der Waals surface area contributed by atoms with Gasteiger partial charge in [-0.1, -0.05) is 12.1 Å². The van der Waals surface area contributed by atoms with Crippen molar-refractivity contribution in [2.24, 2.45) is 0 Å². The van der Waals surface area contributed by atoms with E-state index >= 15 is 0 Å². The van der Waals surface area contributed by atoms with Crippen molar-refractivity contribution in [1.82, 2.24) is 10.6 Å². The summed E-state index contributed by atoms with van der Waals surface area (Å²) in [6.45, 7) is 0.197. The van der Waals surface area contributed by atoms with Gasteiger partial charge in [-0.2, -0.15) is 0 Å². The highest BCUT2D eigenvalue weighted by atomic mass is 19.1. The molecule has 0 unspecified atom stereocenters. The predicted molar refractivity (Wildman–Crippen MR) is 85.3 cm³/mol. The molecular weight excluding hydrogens is 315 g/mol. The second-order valence-electron chi connectivity index (χ2n) is 4.87. The second kappa shape index (κ2) is 8.64. The minimum Gasteiger partial charge on any atom is -0.459 e. The van der Waals surface area contributed by atoms with Crippen molar-refractivity contribution in [2.75, 3.05) is 13.2 Å². The van der Waals surface area contributed by atoms with Gasteiger partial charge >= 0.3 is 0 Å². The number of amides is 2. The Morgan fingerprint density at radius 1 is 1.21 bits per heavy atom. The molecule has 0 radical (unpaired) electrons. The van der Waals surface area contributed by atoms with Gasteiger partial charge in [0.15, 0.2) is 5.76 Å². The summed E-state index contributed by atoms with van der Waals surface area (Å²) in [6, 6.07) is 8.49. The highest BCUT2D eigenvalue weighted by molar-refractivity contribution is 6.04. The second-order valence-corrected chi connectivity index (χ2v) is 4.87. The first-order valence-corrected chi connectivity index (χ1v) is 7.31. The third-order valence-corrected chi connectivity index (χ3v) is 3.04. The van der Waals surface area contributed by atoms with Crippen LogP contribution in [-0.2, 0) is 4.79 Å². The van der Waals surface area contributed by atoms with Crippen molar-refractivity contribution in [1.29, 1.82) is 0 Å². The van der Waals surface area contributed by atoms with E-state index in [9.17, 15) is 14.0 Å². The van der Waals surface area contributed by atoms with Gasteiger partial charge in [-0.15, -0.1) is 0 Å². The Balaban J connectivity index is 2.18. The van der Waals surface area contributed by atoms with Crippen molar-refractivity contribution in [3.05, 3.63) is 65.5 Å². The van der Waals surface area contributed by atoms with Crippen LogP contribution < -0.4 is 10.6 Å². The van der Waals surface area contributed by atoms with E-state index in [1.165, 1.54) is 42.7 Å². The molecule has 1 heterocycles. The molecule has 2 rings (SSSR count). The molecule has 0 bridgehead atoms. The molecular formula is C17H17FN2O4. The highest BCUT2D eigenvalue weighted by Gasteiger charge is 2.16. The van der Waals surface area contributed by atoms with Crippen molar-refractivity contribution >= 4 is 17.9 Å². The van der Waals surface area contributed by atoms with Crippen LogP contribution in [0.4, 0.5) is 4.39 Å². The number of carbonyl (C=O) groups excluding carboxylic acids is 2. The summed E-state index contributed by atoms with van der Waals surface area (Å²) in [6.07, 6.45) is 3.16. The summed E-state index contributed by atoms with van der Waals surface area (Å²) in [7, 11) is 0. The van der Waals surface area contributed by atoms with Crippen LogP contribution in [0.5, 0.6) is 0 Å². The molecule has 0 aliphatic heterocycles. The Bertz CT molecular complexity index is 709. The lowest BCUT2D eigenvalue weighted by molar-refractivity contribution is -0.117. The Morgan fingerprint density at radius 2 is 1.96 bits per heavy atom. The Kier molecular flexibility index (Phi) is 6.27. The fourth-order valence-electron chi connectivity index (χ4n) is 1.85. The zero-order chi connectivity index (χ0) is 17.4. The molecule has 0 saturated carbocycles. The van der Waals surface area contributed by atoms with E-state index in [2.05, 4.69) is 10.6 Å². The van der Waals surface area contributed by atoms with Crippen LogP contribution in [0.3, 0.4) is 0 Å². The first kappa shape index (κ1) is 17.4. The summed E-state index contributed by atoms with van der Waals surface area (Å²) >= 11 is 0. The maximum atomic E-state index is 13.0. The predicted octanol–water partition coefficient (Wildman–Crippen LogP) is 1.69. The van der Waals surface area contributed by atoms with Crippen LogP contribution in [0.2, 0.25) is 0 Å². The van der Waals surface area contributed by atoms with E-state index in [-0.39, 0.29) is 24.6 Å². The number of halogens is 1. The van der Waals surface area contributed by atoms with Gasteiger partial charge in [0.2, 0.25) is 0 Å². The van der Waals surface area contributed by atoms with Gasteiger partial charge in [0.05, 0.1) is 6.26 Å². The summed E-state index contributed by atoms with van der Waals surface area (Å²) in [5.74, 6) is -1.44. The molecule has 1 aromatic heterocycles. The Labute approximate surface area is 138 Å². The van der Waals surface area contributed by atoms with Crippen LogP contribution in [0, 0.1) is 5.82 Å². The van der Waals surface area contributed by atoms with Crippen LogP contribution in [-0.4, -0.2) is 30.1 Å². The number of rotatable bonds is 7. The largest absolute Gasteiger partial charge is 0.459 e. The SMILES string of the molecule is O=C(NCCCO)C(=Cc1ccc(F)cc1)NC(=O)c1ccco1. The minimum atomic E-state index is -0.578. The first-order valence-electron chi connectivity index (χ1n) is 7.31. The number of hydrogen-bond donors (Lipinski definition) is 3. The standard InChI is InChI=1S/C17H17FN2O4/c18-13-6-4-12(5-7-13)11-14(16(22)19-8-2-9-21)20-17(23)15-3-1-10-24-15/h1,3-7,10-11,21H,2,8-9H2,(H,19,22)(H,20,23). The number of nitrogens with one attached hydrogen (secondary N) is 2. The number of aliphatic hydroxyl groups is 1. The van der Waals surface area contributed by atoms with E-state index in [1.54, 1.807) is 6.07 Å². The van der Waals surface area contributed by atoms with Crippen molar-refractivity contribution in [3.8, 4) is 0 Å². The molecule has 0 spiro atoms. The molecule has 0 fully saturated rings. The lowest BCUT2D eigenvalue weighted by Crippen LogP contribution is -2.35.